The van der Waals surface area contributed by atoms with Crippen LogP contribution in [0.2, 0.25) is 0 Å². The number of aromatic hydroxyl groups is 1. The number of non-ortho nitro benzene ring substituents is 1. The molecule has 2 aromatic rings. The highest BCUT2D eigenvalue weighted by Crippen LogP contribution is 2.34. The highest BCUT2D eigenvalue weighted by atomic mass is 79.9. The topological polar surface area (TPSA) is 114 Å². The van der Waals surface area contributed by atoms with Crippen LogP contribution in [-0.4, -0.2) is 29.3 Å². The molecule has 24 heavy (non-hydrogen) atoms. The molecule has 0 saturated carbocycles. The van der Waals surface area contributed by atoms with E-state index in [1.165, 1.54) is 37.6 Å². The lowest BCUT2D eigenvalue weighted by atomic mass is 10.2. The van der Waals surface area contributed by atoms with E-state index in [2.05, 4.69) is 26.5 Å². The van der Waals surface area contributed by atoms with Gasteiger partial charge in [-0.15, -0.1) is 0 Å². The molecule has 0 unspecified atom stereocenters. The van der Waals surface area contributed by atoms with E-state index in [0.29, 0.717) is 10.0 Å². The minimum Gasteiger partial charge on any atom is -0.503 e. The molecule has 8 nitrogen and oxygen atoms in total. The summed E-state index contributed by atoms with van der Waals surface area (Å²) in [6, 6.07) is 8.42. The van der Waals surface area contributed by atoms with Crippen LogP contribution >= 0.6 is 15.9 Å². The molecular weight excluding hydrogens is 382 g/mol. The van der Waals surface area contributed by atoms with Gasteiger partial charge in [0.1, 0.15) is 0 Å². The van der Waals surface area contributed by atoms with Gasteiger partial charge in [0.2, 0.25) is 0 Å². The molecule has 0 fully saturated rings. The van der Waals surface area contributed by atoms with Gasteiger partial charge in [0, 0.05) is 17.7 Å². The molecule has 0 aliphatic carbocycles. The van der Waals surface area contributed by atoms with Crippen LogP contribution in [0.4, 0.5) is 5.69 Å². The maximum atomic E-state index is 11.9. The molecular formula is C15H12BrN3O5. The number of rotatable bonds is 5. The van der Waals surface area contributed by atoms with E-state index in [9.17, 15) is 20.0 Å². The standard InChI is InChI=1S/C15H12BrN3O5/c1-24-13-6-9(5-12(16)14(13)20)8-17-18-15(21)10-3-2-4-11(7-10)19(22)23/h2-8,20H,1H3,(H,18,21). The zero-order valence-corrected chi connectivity index (χ0v) is 14.0. The number of methoxy groups -OCH3 is 1. The molecule has 0 aliphatic rings. The van der Waals surface area contributed by atoms with E-state index in [1.807, 2.05) is 0 Å². The van der Waals surface area contributed by atoms with Crippen molar-refractivity contribution in [2.75, 3.05) is 7.11 Å². The molecule has 0 heterocycles. The fourth-order valence-corrected chi connectivity index (χ4v) is 2.27. The van der Waals surface area contributed by atoms with Gasteiger partial charge in [-0.25, -0.2) is 5.43 Å². The summed E-state index contributed by atoms with van der Waals surface area (Å²) in [4.78, 5) is 22.1. The number of amides is 1. The number of nitro groups is 1. The fourth-order valence-electron chi connectivity index (χ4n) is 1.81. The number of hydrogen-bond donors (Lipinski definition) is 2. The summed E-state index contributed by atoms with van der Waals surface area (Å²) >= 11 is 3.17. The summed E-state index contributed by atoms with van der Waals surface area (Å²) in [5.41, 5.74) is 2.77. The summed E-state index contributed by atoms with van der Waals surface area (Å²) in [7, 11) is 1.41. The lowest BCUT2D eigenvalue weighted by Gasteiger charge is -2.06. The second kappa shape index (κ2) is 7.55. The zero-order valence-electron chi connectivity index (χ0n) is 12.4. The molecule has 0 saturated heterocycles. The van der Waals surface area contributed by atoms with Crippen LogP contribution < -0.4 is 10.2 Å². The van der Waals surface area contributed by atoms with Crippen LogP contribution in [0.1, 0.15) is 15.9 Å². The molecule has 9 heteroatoms. The highest BCUT2D eigenvalue weighted by molar-refractivity contribution is 9.10. The van der Waals surface area contributed by atoms with E-state index in [-0.39, 0.29) is 22.7 Å². The van der Waals surface area contributed by atoms with Crippen molar-refractivity contribution in [3.8, 4) is 11.5 Å². The third-order valence-corrected chi connectivity index (χ3v) is 3.57. The highest BCUT2D eigenvalue weighted by Gasteiger charge is 2.11. The number of nitrogens with one attached hydrogen (secondary N) is 1. The number of phenolic OH excluding ortho intramolecular Hbond substituents is 1. The fraction of sp³-hybridized carbons (Fsp3) is 0.0667. The Hall–Kier alpha value is -2.94. The largest absolute Gasteiger partial charge is 0.503 e. The van der Waals surface area contributed by atoms with Crippen LogP contribution in [0.5, 0.6) is 11.5 Å². The Labute approximate surface area is 145 Å². The molecule has 0 spiro atoms. The van der Waals surface area contributed by atoms with Gasteiger partial charge in [0.15, 0.2) is 11.5 Å². The maximum Gasteiger partial charge on any atom is 0.271 e. The smallest absolute Gasteiger partial charge is 0.271 e. The molecule has 2 aromatic carbocycles. The minimum atomic E-state index is -0.584. The van der Waals surface area contributed by atoms with Crippen molar-refractivity contribution in [3.05, 3.63) is 62.1 Å². The Kier molecular flexibility index (Phi) is 5.48. The van der Waals surface area contributed by atoms with Crippen molar-refractivity contribution in [1.29, 1.82) is 0 Å². The van der Waals surface area contributed by atoms with Crippen LogP contribution in [0.25, 0.3) is 0 Å². The normalized spacial score (nSPS) is 10.6. The first kappa shape index (κ1) is 17.4. The number of nitrogens with zero attached hydrogens (tertiary/aromatic N) is 2. The molecule has 1 amide bonds. The number of halogens is 1. The van der Waals surface area contributed by atoms with Gasteiger partial charge in [-0.05, 0) is 39.7 Å². The van der Waals surface area contributed by atoms with E-state index in [0.717, 1.165) is 6.07 Å². The second-order valence-corrected chi connectivity index (χ2v) is 5.41. The number of carbonyl (C=O) groups is 1. The van der Waals surface area contributed by atoms with Gasteiger partial charge in [-0.2, -0.15) is 5.10 Å². The van der Waals surface area contributed by atoms with E-state index in [4.69, 9.17) is 4.74 Å². The van der Waals surface area contributed by atoms with Crippen LogP contribution in [0.15, 0.2) is 46.0 Å². The Balaban J connectivity index is 2.11. The number of phenols is 1. The van der Waals surface area contributed by atoms with Crippen LogP contribution in [0.3, 0.4) is 0 Å². The van der Waals surface area contributed by atoms with Crippen molar-refractivity contribution >= 4 is 33.7 Å². The van der Waals surface area contributed by atoms with Gasteiger partial charge in [-0.1, -0.05) is 6.07 Å². The van der Waals surface area contributed by atoms with E-state index < -0.39 is 10.8 Å². The summed E-state index contributed by atoms with van der Waals surface area (Å²) < 4.78 is 5.42. The van der Waals surface area contributed by atoms with Gasteiger partial charge >= 0.3 is 0 Å². The first-order valence-electron chi connectivity index (χ1n) is 6.56. The number of hydrogen-bond acceptors (Lipinski definition) is 6. The average Bonchev–Trinajstić information content (AvgIpc) is 2.57. The first-order chi connectivity index (χ1) is 11.4. The van der Waals surface area contributed by atoms with Gasteiger partial charge < -0.3 is 9.84 Å². The molecule has 0 aromatic heterocycles. The molecule has 2 rings (SSSR count). The summed E-state index contributed by atoms with van der Waals surface area (Å²) in [6.45, 7) is 0. The summed E-state index contributed by atoms with van der Waals surface area (Å²) in [5, 5.41) is 24.2. The van der Waals surface area contributed by atoms with Gasteiger partial charge in [0.05, 0.1) is 22.7 Å². The zero-order chi connectivity index (χ0) is 17.7. The number of carbonyl (C=O) groups excluding carboxylic acids is 1. The molecule has 0 aliphatic heterocycles. The number of ether oxygens (including phenoxy) is 1. The maximum absolute atomic E-state index is 11.9. The second-order valence-electron chi connectivity index (χ2n) is 4.56. The predicted molar refractivity (Wildman–Crippen MR) is 90.5 cm³/mol. The van der Waals surface area contributed by atoms with Crippen molar-refractivity contribution in [1.82, 2.24) is 5.43 Å². The Morgan fingerprint density at radius 3 is 2.83 bits per heavy atom. The van der Waals surface area contributed by atoms with Crippen molar-refractivity contribution in [3.63, 3.8) is 0 Å². The average molecular weight is 394 g/mol. The SMILES string of the molecule is COc1cc(C=NNC(=O)c2cccc([N+](=O)[O-])c2)cc(Br)c1O. The van der Waals surface area contributed by atoms with Gasteiger partial charge in [-0.3, -0.25) is 14.9 Å². The van der Waals surface area contributed by atoms with E-state index in [1.54, 1.807) is 6.07 Å². The summed E-state index contributed by atoms with van der Waals surface area (Å²) in [5.74, 6) is -0.383. The molecule has 0 radical (unpaired) electrons. The Morgan fingerprint density at radius 2 is 2.17 bits per heavy atom. The first-order valence-corrected chi connectivity index (χ1v) is 7.36. The lowest BCUT2D eigenvalue weighted by Crippen LogP contribution is -2.17. The molecule has 0 bridgehead atoms. The molecule has 124 valence electrons. The summed E-state index contributed by atoms with van der Waals surface area (Å²) in [6.07, 6.45) is 1.35. The van der Waals surface area contributed by atoms with Crippen molar-refractivity contribution < 1.29 is 19.6 Å². The quantitative estimate of drug-likeness (QED) is 0.460. The van der Waals surface area contributed by atoms with Crippen molar-refractivity contribution in [2.24, 2.45) is 5.10 Å². The number of benzene rings is 2. The van der Waals surface area contributed by atoms with Crippen LogP contribution in [0, 0.1) is 10.1 Å². The minimum absolute atomic E-state index is 0.0460. The predicted octanol–water partition coefficient (Wildman–Crippen LogP) is 2.84. The lowest BCUT2D eigenvalue weighted by molar-refractivity contribution is -0.384. The third kappa shape index (κ3) is 4.07. The molecule has 0 atom stereocenters. The van der Waals surface area contributed by atoms with Gasteiger partial charge in [0.25, 0.3) is 11.6 Å². The molecule has 2 N–H and O–H groups in total. The van der Waals surface area contributed by atoms with E-state index >= 15 is 0 Å². The van der Waals surface area contributed by atoms with Crippen LogP contribution in [-0.2, 0) is 0 Å². The number of nitro benzene ring substituents is 1. The third-order valence-electron chi connectivity index (χ3n) is 2.97. The monoisotopic (exact) mass is 393 g/mol. The van der Waals surface area contributed by atoms with Crippen molar-refractivity contribution in [2.45, 2.75) is 0 Å². The Morgan fingerprint density at radius 1 is 1.42 bits per heavy atom. The Bertz CT molecular complexity index is 823. The number of hydrazone groups is 1.